The van der Waals surface area contributed by atoms with Crippen LogP contribution in [0.2, 0.25) is 0 Å². The lowest BCUT2D eigenvalue weighted by Gasteiger charge is -2.33. The average molecular weight is 581 g/mol. The van der Waals surface area contributed by atoms with E-state index in [4.69, 9.17) is 14.0 Å². The fraction of sp³-hybridized carbons (Fsp3) is 0.545. The van der Waals surface area contributed by atoms with Gasteiger partial charge in [0.1, 0.15) is 11.6 Å². The summed E-state index contributed by atoms with van der Waals surface area (Å²) in [5, 5.41) is 0.301. The highest BCUT2D eigenvalue weighted by Crippen LogP contribution is 2.37. The van der Waals surface area contributed by atoms with Crippen molar-refractivity contribution < 1.29 is 27.6 Å². The first-order valence-electron chi connectivity index (χ1n) is 15.2. The fourth-order valence-electron chi connectivity index (χ4n) is 6.14. The quantitative estimate of drug-likeness (QED) is 0.219. The van der Waals surface area contributed by atoms with Crippen LogP contribution >= 0.6 is 0 Å². The molecule has 1 atom stereocenters. The van der Waals surface area contributed by atoms with E-state index in [0.717, 1.165) is 36.8 Å². The van der Waals surface area contributed by atoms with Gasteiger partial charge in [-0.05, 0) is 89.0 Å². The van der Waals surface area contributed by atoms with Gasteiger partial charge in [-0.1, -0.05) is 24.3 Å². The Morgan fingerprint density at radius 3 is 2.40 bits per heavy atom. The third-order valence-electron chi connectivity index (χ3n) is 9.27. The van der Waals surface area contributed by atoms with E-state index >= 15 is 0 Å². The number of piperidine rings is 1. The van der Waals surface area contributed by atoms with Crippen LogP contribution in [0, 0.1) is 11.6 Å². The Kier molecular flexibility index (Phi) is 9.12. The Bertz CT molecular complexity index is 1390. The van der Waals surface area contributed by atoms with Crippen molar-refractivity contribution in [3.8, 4) is 0 Å². The molecule has 2 saturated heterocycles. The first-order chi connectivity index (χ1) is 20.0. The number of ether oxygens (including phenoxy) is 1. The van der Waals surface area contributed by atoms with Crippen molar-refractivity contribution in [3.63, 3.8) is 0 Å². The van der Waals surface area contributed by atoms with Crippen molar-refractivity contribution in [3.05, 3.63) is 65.4 Å². The van der Waals surface area contributed by atoms with Gasteiger partial charge in [0, 0.05) is 56.8 Å². The Hall–Kier alpha value is -2.75. The molecule has 0 aliphatic carbocycles. The van der Waals surface area contributed by atoms with Crippen LogP contribution in [-0.2, 0) is 31.8 Å². The molecular weight excluding hydrogens is 537 g/mol. The summed E-state index contributed by atoms with van der Waals surface area (Å²) in [7, 11) is 1.25. The average Bonchev–Trinajstić information content (AvgIpc) is 3.45. The highest BCUT2D eigenvalue weighted by atomic mass is 19.1. The number of methoxy groups -OCH3 is 1. The van der Waals surface area contributed by atoms with Crippen molar-refractivity contribution in [2.45, 2.75) is 89.9 Å². The van der Waals surface area contributed by atoms with Crippen LogP contribution in [0.4, 0.5) is 8.78 Å². The topological polar surface area (TPSA) is 52.9 Å². The molecule has 5 rings (SSSR count). The second-order valence-electron chi connectivity index (χ2n) is 12.7. The number of aromatic nitrogens is 1. The van der Waals surface area contributed by atoms with E-state index < -0.39 is 11.6 Å². The molecule has 3 heterocycles. The van der Waals surface area contributed by atoms with E-state index in [1.165, 1.54) is 17.7 Å². The number of hydrogen-bond donors (Lipinski definition) is 0. The molecule has 0 spiro atoms. The summed E-state index contributed by atoms with van der Waals surface area (Å²) in [5.41, 5.74) is 2.60. The van der Waals surface area contributed by atoms with Gasteiger partial charge in [-0.2, -0.15) is 0 Å². The van der Waals surface area contributed by atoms with Crippen molar-refractivity contribution in [2.24, 2.45) is 0 Å². The van der Waals surface area contributed by atoms with E-state index in [1.54, 1.807) is 13.2 Å². The molecule has 226 valence electrons. The molecular formula is C33H43BF2N2O4. The Balaban J connectivity index is 1.19. The Morgan fingerprint density at radius 2 is 1.71 bits per heavy atom. The lowest BCUT2D eigenvalue weighted by Crippen LogP contribution is -2.41. The number of fused-ring (bicyclic) bond motifs is 1. The molecule has 42 heavy (non-hydrogen) atoms. The summed E-state index contributed by atoms with van der Waals surface area (Å²) >= 11 is 0. The normalized spacial score (nSPS) is 20.0. The van der Waals surface area contributed by atoms with Crippen LogP contribution in [0.1, 0.15) is 77.0 Å². The van der Waals surface area contributed by atoms with E-state index in [-0.39, 0.29) is 30.1 Å². The van der Waals surface area contributed by atoms with Gasteiger partial charge in [0.25, 0.3) is 0 Å². The first-order valence-corrected chi connectivity index (χ1v) is 15.2. The van der Waals surface area contributed by atoms with Gasteiger partial charge < -0.3 is 23.5 Å². The molecule has 0 bridgehead atoms. The highest BCUT2D eigenvalue weighted by Gasteiger charge is 2.51. The number of likely N-dealkylation sites (tertiary alicyclic amines) is 1. The number of carbonyl (C=O) groups is 1. The second kappa shape index (κ2) is 12.5. The number of halogens is 2. The molecule has 1 amide bonds. The predicted molar refractivity (Wildman–Crippen MR) is 162 cm³/mol. The first kappa shape index (κ1) is 30.7. The monoisotopic (exact) mass is 580 g/mol. The molecule has 9 heteroatoms. The van der Waals surface area contributed by atoms with Crippen molar-refractivity contribution in [2.75, 3.05) is 26.8 Å². The summed E-state index contributed by atoms with van der Waals surface area (Å²) in [6.45, 7) is 10.5. The maximum Gasteiger partial charge on any atom is 0.494 e. The summed E-state index contributed by atoms with van der Waals surface area (Å²) in [4.78, 5) is 15.2. The molecule has 0 radical (unpaired) electrons. The smallest absolute Gasteiger partial charge is 0.399 e. The number of nitrogens with zero attached hydrogens (tertiary/aromatic N) is 2. The van der Waals surface area contributed by atoms with Gasteiger partial charge in [-0.3, -0.25) is 4.79 Å². The zero-order valence-corrected chi connectivity index (χ0v) is 25.6. The minimum Gasteiger partial charge on any atom is -0.399 e. The summed E-state index contributed by atoms with van der Waals surface area (Å²) in [6.07, 6.45) is 4.45. The van der Waals surface area contributed by atoms with Crippen LogP contribution in [0.25, 0.3) is 10.9 Å². The van der Waals surface area contributed by atoms with Crippen LogP contribution in [0.3, 0.4) is 0 Å². The molecule has 2 fully saturated rings. The van der Waals surface area contributed by atoms with Gasteiger partial charge in [-0.25, -0.2) is 8.78 Å². The minimum absolute atomic E-state index is 0.0268. The molecule has 2 aliphatic rings. The number of aryl methyl sites for hydroxylation is 2. The number of hydrogen-bond acceptors (Lipinski definition) is 4. The van der Waals surface area contributed by atoms with E-state index in [1.807, 2.05) is 49.3 Å². The lowest BCUT2D eigenvalue weighted by molar-refractivity contribution is -0.132. The number of carbonyl (C=O) groups excluding carboxylic acids is 1. The zero-order valence-electron chi connectivity index (χ0n) is 25.6. The van der Waals surface area contributed by atoms with Gasteiger partial charge in [-0.15, -0.1) is 0 Å². The highest BCUT2D eigenvalue weighted by molar-refractivity contribution is 6.62. The summed E-state index contributed by atoms with van der Waals surface area (Å²) < 4.78 is 49.0. The predicted octanol–water partition coefficient (Wildman–Crippen LogP) is 5.98. The minimum atomic E-state index is -0.428. The fourth-order valence-corrected chi connectivity index (χ4v) is 6.14. The largest absolute Gasteiger partial charge is 0.494 e. The molecule has 0 saturated carbocycles. The van der Waals surface area contributed by atoms with Crippen LogP contribution in [-0.4, -0.2) is 60.5 Å². The van der Waals surface area contributed by atoms with Gasteiger partial charge in [0.2, 0.25) is 5.91 Å². The van der Waals surface area contributed by atoms with Gasteiger partial charge >= 0.3 is 7.12 Å². The van der Waals surface area contributed by atoms with Gasteiger partial charge in [0.15, 0.2) is 0 Å². The molecule has 2 aliphatic heterocycles. The second-order valence-corrected chi connectivity index (χ2v) is 12.7. The van der Waals surface area contributed by atoms with Crippen LogP contribution in [0.15, 0.2) is 42.5 Å². The molecule has 0 N–H and O–H groups in total. The molecule has 3 aromatic rings. The van der Waals surface area contributed by atoms with Gasteiger partial charge in [0.05, 0.1) is 16.7 Å². The third-order valence-corrected chi connectivity index (χ3v) is 9.27. The van der Waals surface area contributed by atoms with Crippen molar-refractivity contribution >= 4 is 29.4 Å². The zero-order chi connectivity index (χ0) is 30.1. The molecule has 2 aromatic carbocycles. The van der Waals surface area contributed by atoms with E-state index in [9.17, 15) is 13.6 Å². The Morgan fingerprint density at radius 1 is 1.02 bits per heavy atom. The number of benzene rings is 2. The summed E-state index contributed by atoms with van der Waals surface area (Å²) in [5.74, 6) is -0.694. The van der Waals surface area contributed by atoms with E-state index in [0.29, 0.717) is 50.0 Å². The number of amides is 1. The van der Waals surface area contributed by atoms with Crippen molar-refractivity contribution in [1.82, 2.24) is 9.47 Å². The maximum atomic E-state index is 14.9. The molecule has 6 nitrogen and oxygen atoms in total. The maximum absolute atomic E-state index is 14.9. The molecule has 1 unspecified atom stereocenters. The van der Waals surface area contributed by atoms with Crippen LogP contribution < -0.4 is 5.46 Å². The lowest BCUT2D eigenvalue weighted by atomic mass is 9.78. The van der Waals surface area contributed by atoms with E-state index in [2.05, 4.69) is 12.1 Å². The van der Waals surface area contributed by atoms with Crippen LogP contribution in [0.5, 0.6) is 0 Å². The standard InChI is InChI=1S/C33H43BF2N2O4/c1-32(2)33(3,4)42-34(41-32)25-14-12-23(13-15-25)9-6-11-30(39)37-18-7-10-24(22-37)29-21-26-27(35)16-17-28(36)31(26)38(29)19-8-20-40-5/h12-17,21,24H,6-11,18-20,22H2,1-5H3. The SMILES string of the molecule is COCCCn1c(C2CCCN(C(=O)CCCc3ccc(B4OC(C)(C)C(C)(C)O4)cc3)C2)cc2c(F)ccc(F)c21. The summed E-state index contributed by atoms with van der Waals surface area (Å²) in [6, 6.07) is 12.4. The number of rotatable bonds is 10. The van der Waals surface area contributed by atoms with Crippen molar-refractivity contribution in [1.29, 1.82) is 0 Å². The molecule has 1 aromatic heterocycles. The third kappa shape index (κ3) is 6.29. The Labute approximate surface area is 248 Å².